The zero-order valence-electron chi connectivity index (χ0n) is 15.7. The number of hydrogen-bond donors (Lipinski definition) is 2. The van der Waals surface area contributed by atoms with E-state index in [0.29, 0.717) is 34.5 Å². The average Bonchev–Trinajstić information content (AvgIpc) is 2.74. The second kappa shape index (κ2) is 8.72. The van der Waals surface area contributed by atoms with Gasteiger partial charge in [-0.1, -0.05) is 0 Å². The molecule has 1 heterocycles. The van der Waals surface area contributed by atoms with Crippen molar-refractivity contribution in [1.82, 2.24) is 9.97 Å². The van der Waals surface area contributed by atoms with Crippen LogP contribution in [0.25, 0.3) is 0 Å². The van der Waals surface area contributed by atoms with E-state index in [1.165, 1.54) is 7.11 Å². The summed E-state index contributed by atoms with van der Waals surface area (Å²) in [6, 6.07) is 14.0. The molecule has 1 aromatic heterocycles. The molecule has 0 amide bonds. The summed E-state index contributed by atoms with van der Waals surface area (Å²) in [5.41, 5.74) is 1.92. The second-order valence-electron chi connectivity index (χ2n) is 5.65. The highest BCUT2D eigenvalue weighted by molar-refractivity contribution is 5.89. The first kappa shape index (κ1) is 19.0. The van der Waals surface area contributed by atoms with Gasteiger partial charge in [-0.15, -0.1) is 0 Å². The fraction of sp³-hybridized carbons (Fsp3) is 0.150. The lowest BCUT2D eigenvalue weighted by molar-refractivity contribution is 0.0601. The van der Waals surface area contributed by atoms with Crippen molar-refractivity contribution in [3.63, 3.8) is 0 Å². The van der Waals surface area contributed by atoms with Crippen LogP contribution in [0.1, 0.15) is 10.4 Å². The van der Waals surface area contributed by atoms with Crippen LogP contribution < -0.4 is 20.1 Å². The number of nitrogens with one attached hydrogen (secondary N) is 2. The van der Waals surface area contributed by atoms with Gasteiger partial charge in [0, 0.05) is 18.0 Å². The summed E-state index contributed by atoms with van der Waals surface area (Å²) in [6.45, 7) is 0. The maximum absolute atomic E-state index is 11.5. The number of ether oxygens (including phenoxy) is 3. The third-order valence-corrected chi connectivity index (χ3v) is 3.89. The van der Waals surface area contributed by atoms with Crippen molar-refractivity contribution in [3.8, 4) is 11.5 Å². The van der Waals surface area contributed by atoms with Crippen LogP contribution in [0, 0.1) is 0 Å². The van der Waals surface area contributed by atoms with Gasteiger partial charge < -0.3 is 24.8 Å². The number of rotatable bonds is 7. The van der Waals surface area contributed by atoms with Gasteiger partial charge in [0.15, 0.2) is 0 Å². The molecule has 8 nitrogen and oxygen atoms in total. The van der Waals surface area contributed by atoms with Crippen LogP contribution >= 0.6 is 0 Å². The Morgan fingerprint density at radius 1 is 0.929 bits per heavy atom. The van der Waals surface area contributed by atoms with Gasteiger partial charge in [0.05, 0.1) is 32.6 Å². The Morgan fingerprint density at radius 2 is 1.71 bits per heavy atom. The number of anilines is 4. The maximum Gasteiger partial charge on any atom is 0.337 e. The smallest absolute Gasteiger partial charge is 0.337 e. The molecule has 0 aliphatic heterocycles. The Bertz CT molecular complexity index is 961. The lowest BCUT2D eigenvalue weighted by Gasteiger charge is -2.13. The monoisotopic (exact) mass is 380 g/mol. The van der Waals surface area contributed by atoms with Crippen molar-refractivity contribution < 1.29 is 19.0 Å². The lowest BCUT2D eigenvalue weighted by atomic mass is 10.2. The lowest BCUT2D eigenvalue weighted by Crippen LogP contribution is -2.03. The van der Waals surface area contributed by atoms with E-state index in [2.05, 4.69) is 20.6 Å². The highest BCUT2D eigenvalue weighted by Gasteiger charge is 2.08. The number of benzene rings is 2. The summed E-state index contributed by atoms with van der Waals surface area (Å²) in [6.07, 6.45) is 1.63. The molecule has 28 heavy (non-hydrogen) atoms. The molecule has 0 radical (unpaired) electrons. The van der Waals surface area contributed by atoms with Crippen LogP contribution in [-0.4, -0.2) is 37.3 Å². The molecule has 144 valence electrons. The molecule has 0 saturated heterocycles. The van der Waals surface area contributed by atoms with Gasteiger partial charge in [-0.2, -0.15) is 4.98 Å². The first-order valence-electron chi connectivity index (χ1n) is 8.40. The summed E-state index contributed by atoms with van der Waals surface area (Å²) in [7, 11) is 4.54. The van der Waals surface area contributed by atoms with E-state index in [9.17, 15) is 4.79 Å². The van der Waals surface area contributed by atoms with Crippen LogP contribution in [0.2, 0.25) is 0 Å². The third-order valence-electron chi connectivity index (χ3n) is 3.89. The van der Waals surface area contributed by atoms with Crippen LogP contribution in [0.3, 0.4) is 0 Å². The minimum Gasteiger partial charge on any atom is -0.497 e. The van der Waals surface area contributed by atoms with Crippen molar-refractivity contribution in [2.45, 2.75) is 0 Å². The number of carbonyl (C=O) groups is 1. The first-order chi connectivity index (χ1) is 13.6. The van der Waals surface area contributed by atoms with Crippen molar-refractivity contribution in [2.24, 2.45) is 0 Å². The normalized spacial score (nSPS) is 10.1. The van der Waals surface area contributed by atoms with E-state index < -0.39 is 0 Å². The Labute approximate surface area is 162 Å². The van der Waals surface area contributed by atoms with Crippen LogP contribution in [0.5, 0.6) is 11.5 Å². The van der Waals surface area contributed by atoms with Gasteiger partial charge in [0.2, 0.25) is 5.95 Å². The number of methoxy groups -OCH3 is 3. The standard InChI is InChI=1S/C20H20N4O4/c1-26-15-8-9-17(27-2)16(12-15)23-18-10-11-21-20(24-18)22-14-6-4-13(5-7-14)19(25)28-3/h4-12H,1-3H3,(H2,21,22,23,24). The van der Waals surface area contributed by atoms with Crippen LogP contribution in [-0.2, 0) is 4.74 Å². The van der Waals surface area contributed by atoms with Crippen molar-refractivity contribution in [1.29, 1.82) is 0 Å². The van der Waals surface area contributed by atoms with Crippen molar-refractivity contribution >= 4 is 29.1 Å². The third kappa shape index (κ3) is 4.47. The number of nitrogens with zero attached hydrogens (tertiary/aromatic N) is 2. The predicted molar refractivity (Wildman–Crippen MR) is 106 cm³/mol. The van der Waals surface area contributed by atoms with E-state index in [-0.39, 0.29) is 5.97 Å². The molecule has 0 aliphatic rings. The van der Waals surface area contributed by atoms with Gasteiger partial charge in [-0.25, -0.2) is 9.78 Å². The Balaban J connectivity index is 1.77. The molecule has 0 saturated carbocycles. The van der Waals surface area contributed by atoms with Crippen molar-refractivity contribution in [3.05, 3.63) is 60.3 Å². The molecule has 8 heteroatoms. The van der Waals surface area contributed by atoms with Gasteiger partial charge in [0.1, 0.15) is 17.3 Å². The summed E-state index contributed by atoms with van der Waals surface area (Å²) in [5, 5.41) is 6.29. The molecule has 3 aromatic rings. The zero-order valence-corrected chi connectivity index (χ0v) is 15.7. The summed E-state index contributed by atoms with van der Waals surface area (Å²) >= 11 is 0. The van der Waals surface area contributed by atoms with Crippen LogP contribution in [0.4, 0.5) is 23.1 Å². The topological polar surface area (TPSA) is 94.6 Å². The Morgan fingerprint density at radius 3 is 2.39 bits per heavy atom. The molecular weight excluding hydrogens is 360 g/mol. The fourth-order valence-electron chi connectivity index (χ4n) is 2.47. The molecular formula is C20H20N4O4. The molecule has 3 rings (SSSR count). The zero-order chi connectivity index (χ0) is 19.9. The number of carbonyl (C=O) groups excluding carboxylic acids is 1. The van der Waals surface area contributed by atoms with Crippen LogP contribution in [0.15, 0.2) is 54.7 Å². The maximum atomic E-state index is 11.5. The van der Waals surface area contributed by atoms with Gasteiger partial charge in [-0.3, -0.25) is 0 Å². The van der Waals surface area contributed by atoms with Crippen molar-refractivity contribution in [2.75, 3.05) is 32.0 Å². The van der Waals surface area contributed by atoms with Gasteiger partial charge in [-0.05, 0) is 42.5 Å². The highest BCUT2D eigenvalue weighted by atomic mass is 16.5. The number of aromatic nitrogens is 2. The number of hydrogen-bond acceptors (Lipinski definition) is 8. The summed E-state index contributed by atoms with van der Waals surface area (Å²) < 4.78 is 15.3. The second-order valence-corrected chi connectivity index (χ2v) is 5.65. The minimum absolute atomic E-state index is 0.388. The quantitative estimate of drug-likeness (QED) is 0.598. The molecule has 0 unspecified atom stereocenters. The van der Waals surface area contributed by atoms with E-state index >= 15 is 0 Å². The van der Waals surface area contributed by atoms with Gasteiger partial charge >= 0.3 is 5.97 Å². The SMILES string of the molecule is COC(=O)c1ccc(Nc2nccc(Nc3cc(OC)ccc3OC)n2)cc1. The molecule has 0 bridgehead atoms. The number of esters is 1. The van der Waals surface area contributed by atoms with Gasteiger partial charge in [0.25, 0.3) is 0 Å². The molecule has 0 aliphatic carbocycles. The predicted octanol–water partition coefficient (Wildman–Crippen LogP) is 3.77. The fourth-order valence-corrected chi connectivity index (χ4v) is 2.47. The highest BCUT2D eigenvalue weighted by Crippen LogP contribution is 2.31. The minimum atomic E-state index is -0.388. The Hall–Kier alpha value is -3.81. The van der Waals surface area contributed by atoms with E-state index in [0.717, 1.165) is 5.69 Å². The summed E-state index contributed by atoms with van der Waals surface area (Å²) in [5.74, 6) is 1.95. The van der Waals surface area contributed by atoms with E-state index in [1.54, 1.807) is 50.7 Å². The Kier molecular flexibility index (Phi) is 5.91. The molecule has 0 fully saturated rings. The summed E-state index contributed by atoms with van der Waals surface area (Å²) in [4.78, 5) is 20.2. The van der Waals surface area contributed by atoms with E-state index in [4.69, 9.17) is 14.2 Å². The molecule has 0 atom stereocenters. The van der Waals surface area contributed by atoms with E-state index in [1.807, 2.05) is 18.2 Å². The largest absolute Gasteiger partial charge is 0.497 e. The molecule has 2 aromatic carbocycles. The average molecular weight is 380 g/mol. The molecule has 2 N–H and O–H groups in total. The first-order valence-corrected chi connectivity index (χ1v) is 8.40. The molecule has 0 spiro atoms.